The minimum absolute atomic E-state index is 0.324. The summed E-state index contributed by atoms with van der Waals surface area (Å²) in [6.07, 6.45) is 8.52. The van der Waals surface area contributed by atoms with Gasteiger partial charge in [-0.1, -0.05) is 69.0 Å². The van der Waals surface area contributed by atoms with E-state index in [0.717, 1.165) is 17.9 Å². The Bertz CT molecular complexity index is 635. The first-order valence-corrected chi connectivity index (χ1v) is 8.78. The molecule has 0 heterocycles. The molecule has 0 N–H and O–H groups in total. The number of carbonyl (C=O) groups is 1. The molecule has 0 atom stereocenters. The average Bonchev–Trinajstić information content (AvgIpc) is 2.56. The van der Waals surface area contributed by atoms with Gasteiger partial charge in [-0.25, -0.2) is 0 Å². The third-order valence-corrected chi connectivity index (χ3v) is 5.21. The Balaban J connectivity index is 1.61. The second kappa shape index (κ2) is 7.09. The largest absolute Gasteiger partial charge is 0.294 e. The maximum atomic E-state index is 12.6. The molecule has 1 heteroatoms. The van der Waals surface area contributed by atoms with Crippen molar-refractivity contribution in [1.82, 2.24) is 0 Å². The fourth-order valence-corrected chi connectivity index (χ4v) is 3.88. The number of fused-ring (bicyclic) bond motifs is 1. The molecule has 2 aromatic rings. The van der Waals surface area contributed by atoms with Crippen LogP contribution in [0.3, 0.4) is 0 Å². The molecule has 0 saturated heterocycles. The van der Waals surface area contributed by atoms with E-state index in [-0.39, 0.29) is 0 Å². The maximum Gasteiger partial charge on any atom is 0.163 e. The van der Waals surface area contributed by atoms with Gasteiger partial charge in [0.15, 0.2) is 5.78 Å². The van der Waals surface area contributed by atoms with Crippen molar-refractivity contribution in [2.24, 2.45) is 11.8 Å². The molecule has 1 fully saturated rings. The summed E-state index contributed by atoms with van der Waals surface area (Å²) in [6.45, 7) is 2.27. The summed E-state index contributed by atoms with van der Waals surface area (Å²) >= 11 is 0. The smallest absolute Gasteiger partial charge is 0.163 e. The zero-order valence-corrected chi connectivity index (χ0v) is 13.6. The SMILES string of the molecule is CCCC1CCC(CC(=O)c2ccc3ccccc3c2)CC1. The van der Waals surface area contributed by atoms with Gasteiger partial charge in [-0.3, -0.25) is 4.79 Å². The van der Waals surface area contributed by atoms with Gasteiger partial charge in [-0.2, -0.15) is 0 Å². The standard InChI is InChI=1S/C21H26O/c1-2-5-16-8-10-17(11-9-16)14-21(22)20-13-12-18-6-3-4-7-19(18)15-20/h3-4,6-7,12-13,15-17H,2,5,8-11,14H2,1H3. The van der Waals surface area contributed by atoms with Crippen LogP contribution in [0.25, 0.3) is 10.8 Å². The molecule has 0 aliphatic heterocycles. The average molecular weight is 294 g/mol. The van der Waals surface area contributed by atoms with Crippen molar-refractivity contribution in [2.75, 3.05) is 0 Å². The van der Waals surface area contributed by atoms with Crippen LogP contribution in [-0.4, -0.2) is 5.78 Å². The van der Waals surface area contributed by atoms with Gasteiger partial charge in [-0.05, 0) is 41.5 Å². The summed E-state index contributed by atoms with van der Waals surface area (Å²) in [5, 5.41) is 2.37. The fraction of sp³-hybridized carbons (Fsp3) is 0.476. The maximum absolute atomic E-state index is 12.6. The van der Waals surface area contributed by atoms with E-state index in [1.54, 1.807) is 0 Å². The van der Waals surface area contributed by atoms with Gasteiger partial charge in [0.05, 0.1) is 0 Å². The lowest BCUT2D eigenvalue weighted by molar-refractivity contribution is 0.0942. The molecular weight excluding hydrogens is 268 g/mol. The first kappa shape index (κ1) is 15.3. The van der Waals surface area contributed by atoms with Crippen molar-refractivity contribution in [1.29, 1.82) is 0 Å². The van der Waals surface area contributed by atoms with Crippen molar-refractivity contribution in [2.45, 2.75) is 51.9 Å². The lowest BCUT2D eigenvalue weighted by Gasteiger charge is -2.27. The molecule has 116 valence electrons. The molecule has 1 nitrogen and oxygen atoms in total. The lowest BCUT2D eigenvalue weighted by atomic mass is 9.78. The van der Waals surface area contributed by atoms with Gasteiger partial charge in [0.25, 0.3) is 0 Å². The molecule has 0 unspecified atom stereocenters. The molecule has 0 radical (unpaired) electrons. The summed E-state index contributed by atoms with van der Waals surface area (Å²) in [6, 6.07) is 14.4. The Morgan fingerprint density at radius 1 is 0.955 bits per heavy atom. The molecular formula is C21H26O. The van der Waals surface area contributed by atoms with Crippen LogP contribution in [0, 0.1) is 11.8 Å². The van der Waals surface area contributed by atoms with E-state index in [2.05, 4.69) is 31.2 Å². The number of hydrogen-bond donors (Lipinski definition) is 0. The summed E-state index contributed by atoms with van der Waals surface area (Å²) in [4.78, 5) is 12.6. The Morgan fingerprint density at radius 2 is 1.64 bits per heavy atom. The Kier molecular flexibility index (Phi) is 4.92. The third-order valence-electron chi connectivity index (χ3n) is 5.21. The number of ketones is 1. The predicted octanol–water partition coefficient (Wildman–Crippen LogP) is 6.02. The molecule has 1 aliphatic rings. The highest BCUT2D eigenvalue weighted by Crippen LogP contribution is 2.34. The molecule has 1 saturated carbocycles. The molecule has 0 amide bonds. The minimum atomic E-state index is 0.324. The first-order chi connectivity index (χ1) is 10.8. The Hall–Kier alpha value is -1.63. The third kappa shape index (κ3) is 3.58. The normalized spacial score (nSPS) is 21.9. The van der Waals surface area contributed by atoms with Gasteiger partial charge in [0, 0.05) is 12.0 Å². The summed E-state index contributed by atoms with van der Waals surface area (Å²) in [5.41, 5.74) is 0.884. The topological polar surface area (TPSA) is 17.1 Å². The number of benzene rings is 2. The van der Waals surface area contributed by atoms with Gasteiger partial charge < -0.3 is 0 Å². The van der Waals surface area contributed by atoms with Crippen LogP contribution in [0.2, 0.25) is 0 Å². The Labute approximate surface area is 133 Å². The van der Waals surface area contributed by atoms with E-state index >= 15 is 0 Å². The molecule has 1 aliphatic carbocycles. The molecule has 0 spiro atoms. The van der Waals surface area contributed by atoms with Crippen LogP contribution in [0.4, 0.5) is 0 Å². The van der Waals surface area contributed by atoms with Crippen LogP contribution in [0.5, 0.6) is 0 Å². The van der Waals surface area contributed by atoms with Gasteiger partial charge in [-0.15, -0.1) is 0 Å². The van der Waals surface area contributed by atoms with E-state index in [9.17, 15) is 4.79 Å². The monoisotopic (exact) mass is 294 g/mol. The van der Waals surface area contributed by atoms with E-state index in [0.29, 0.717) is 11.7 Å². The van der Waals surface area contributed by atoms with E-state index in [4.69, 9.17) is 0 Å². The number of hydrogen-bond acceptors (Lipinski definition) is 1. The summed E-state index contributed by atoms with van der Waals surface area (Å²) in [5.74, 6) is 1.84. The minimum Gasteiger partial charge on any atom is -0.294 e. The summed E-state index contributed by atoms with van der Waals surface area (Å²) < 4.78 is 0. The molecule has 3 rings (SSSR count). The highest BCUT2D eigenvalue weighted by atomic mass is 16.1. The first-order valence-electron chi connectivity index (χ1n) is 8.78. The number of rotatable bonds is 5. The highest BCUT2D eigenvalue weighted by molar-refractivity contribution is 6.00. The van der Waals surface area contributed by atoms with Crippen molar-refractivity contribution in [3.8, 4) is 0 Å². The van der Waals surface area contributed by atoms with Crippen LogP contribution in [0.1, 0.15) is 62.2 Å². The van der Waals surface area contributed by atoms with Crippen molar-refractivity contribution in [3.63, 3.8) is 0 Å². The predicted molar refractivity (Wildman–Crippen MR) is 93.3 cm³/mol. The van der Waals surface area contributed by atoms with Gasteiger partial charge >= 0.3 is 0 Å². The van der Waals surface area contributed by atoms with Gasteiger partial charge in [0.1, 0.15) is 0 Å². The van der Waals surface area contributed by atoms with Crippen LogP contribution in [0.15, 0.2) is 42.5 Å². The Morgan fingerprint density at radius 3 is 2.36 bits per heavy atom. The van der Waals surface area contributed by atoms with Crippen molar-refractivity contribution < 1.29 is 4.79 Å². The van der Waals surface area contributed by atoms with E-state index in [1.807, 2.05) is 18.2 Å². The van der Waals surface area contributed by atoms with Crippen LogP contribution in [-0.2, 0) is 0 Å². The molecule has 2 aromatic carbocycles. The zero-order chi connectivity index (χ0) is 15.4. The second-order valence-corrected chi connectivity index (χ2v) is 6.86. The fourth-order valence-electron chi connectivity index (χ4n) is 3.88. The quantitative estimate of drug-likeness (QED) is 0.616. The van der Waals surface area contributed by atoms with Crippen LogP contribution >= 0.6 is 0 Å². The van der Waals surface area contributed by atoms with Crippen LogP contribution < -0.4 is 0 Å². The second-order valence-electron chi connectivity index (χ2n) is 6.86. The van der Waals surface area contributed by atoms with Gasteiger partial charge in [0.2, 0.25) is 0 Å². The highest BCUT2D eigenvalue weighted by Gasteiger charge is 2.23. The van der Waals surface area contributed by atoms with E-state index in [1.165, 1.54) is 49.3 Å². The lowest BCUT2D eigenvalue weighted by Crippen LogP contribution is -2.17. The van der Waals surface area contributed by atoms with Crippen molar-refractivity contribution >= 4 is 16.6 Å². The van der Waals surface area contributed by atoms with Crippen molar-refractivity contribution in [3.05, 3.63) is 48.0 Å². The molecule has 0 aromatic heterocycles. The number of Topliss-reactive ketones (excluding diaryl/α,β-unsaturated/α-hetero) is 1. The number of carbonyl (C=O) groups excluding carboxylic acids is 1. The molecule has 22 heavy (non-hydrogen) atoms. The summed E-state index contributed by atoms with van der Waals surface area (Å²) in [7, 11) is 0. The molecule has 0 bridgehead atoms. The van der Waals surface area contributed by atoms with E-state index < -0.39 is 0 Å². The zero-order valence-electron chi connectivity index (χ0n) is 13.6.